The molecule has 5 rings (SSSR count). The molecule has 6 nitrogen and oxygen atoms in total. The van der Waals surface area contributed by atoms with Crippen LogP contribution in [0, 0.1) is 11.8 Å². The van der Waals surface area contributed by atoms with Crippen molar-refractivity contribution in [1.29, 1.82) is 0 Å². The van der Waals surface area contributed by atoms with Crippen molar-refractivity contribution in [3.8, 4) is 0 Å². The van der Waals surface area contributed by atoms with Crippen LogP contribution in [-0.4, -0.2) is 46.5 Å². The molecule has 3 aromatic rings. The molecule has 1 aromatic carbocycles. The summed E-state index contributed by atoms with van der Waals surface area (Å²) in [4.78, 5) is 19.8. The Morgan fingerprint density at radius 3 is 2.31 bits per heavy atom. The van der Waals surface area contributed by atoms with Gasteiger partial charge in [-0.3, -0.25) is 4.79 Å². The molecule has 0 amide bonds. The summed E-state index contributed by atoms with van der Waals surface area (Å²) in [6.45, 7) is 4.36. The second kappa shape index (κ2) is 16.0. The molecule has 0 bridgehead atoms. The normalized spacial score (nSPS) is 17.9. The molecule has 226 valence electrons. The van der Waals surface area contributed by atoms with Crippen LogP contribution in [0.15, 0.2) is 66.7 Å². The molecule has 0 saturated carbocycles. The van der Waals surface area contributed by atoms with E-state index in [2.05, 4.69) is 51.9 Å². The summed E-state index contributed by atoms with van der Waals surface area (Å²) < 4.78 is 9.60. The maximum atomic E-state index is 11.8. The quantitative estimate of drug-likeness (QED) is 0.177. The highest BCUT2D eigenvalue weighted by Gasteiger charge is 2.25. The summed E-state index contributed by atoms with van der Waals surface area (Å²) in [6, 6.07) is 12.6. The summed E-state index contributed by atoms with van der Waals surface area (Å²) >= 11 is 18.2. The number of nitrogens with one attached hydrogen (secondary N) is 1. The van der Waals surface area contributed by atoms with Gasteiger partial charge in [0.2, 0.25) is 0 Å². The molecule has 2 fully saturated rings. The van der Waals surface area contributed by atoms with Crippen molar-refractivity contribution in [2.75, 3.05) is 31.1 Å². The number of nitrogens with zero attached hydrogens (tertiary/aromatic N) is 3. The molecule has 42 heavy (non-hydrogen) atoms. The number of benzene rings is 1. The van der Waals surface area contributed by atoms with Crippen molar-refractivity contribution in [3.63, 3.8) is 0 Å². The second-order valence-corrected chi connectivity index (χ2v) is 16.6. The van der Waals surface area contributed by atoms with E-state index in [1.165, 1.54) is 61.1 Å². The Balaban J connectivity index is 1.00. The topological polar surface area (TPSA) is 68.7 Å². The number of carboxylic acid groups (broad SMARTS) is 1. The Hall–Kier alpha value is -0.790. The van der Waals surface area contributed by atoms with E-state index in [-0.39, 0.29) is 0 Å². The number of thiophene rings is 1. The zero-order valence-electron chi connectivity index (χ0n) is 23.2. The van der Waals surface area contributed by atoms with Crippen molar-refractivity contribution in [2.45, 2.75) is 60.1 Å². The number of carboxylic acids is 1. The largest absolute Gasteiger partial charge is 0.480 e. The number of rotatable bonds is 12. The highest BCUT2D eigenvalue weighted by molar-refractivity contribution is 9.11. The molecule has 2 saturated heterocycles. The lowest BCUT2D eigenvalue weighted by atomic mass is 9.87. The molecular formula is C30H35Br2ClN4O2S3. The summed E-state index contributed by atoms with van der Waals surface area (Å²) in [5.74, 6) is 1.71. The minimum atomic E-state index is -0.908. The van der Waals surface area contributed by atoms with Crippen molar-refractivity contribution in [2.24, 2.45) is 11.8 Å². The maximum Gasteiger partial charge on any atom is 0.326 e. The molecular weight excluding hydrogens is 740 g/mol. The van der Waals surface area contributed by atoms with Crippen LogP contribution < -0.4 is 9.62 Å². The summed E-state index contributed by atoms with van der Waals surface area (Å²) in [7, 11) is 0. The van der Waals surface area contributed by atoms with Gasteiger partial charge in [-0.05, 0) is 111 Å². The third-order valence-corrected chi connectivity index (χ3v) is 13.1. The van der Waals surface area contributed by atoms with E-state index in [0.29, 0.717) is 0 Å². The van der Waals surface area contributed by atoms with Gasteiger partial charge >= 0.3 is 5.97 Å². The third-order valence-electron chi connectivity index (χ3n) is 8.03. The van der Waals surface area contributed by atoms with E-state index in [1.807, 2.05) is 54.5 Å². The molecule has 2 aromatic heterocycles. The van der Waals surface area contributed by atoms with E-state index in [0.717, 1.165) is 67.6 Å². The average molecular weight is 775 g/mol. The van der Waals surface area contributed by atoms with Crippen LogP contribution in [0.25, 0.3) is 0 Å². The van der Waals surface area contributed by atoms with Gasteiger partial charge in [-0.1, -0.05) is 61.2 Å². The molecule has 0 radical (unpaired) electrons. The Morgan fingerprint density at radius 1 is 1.05 bits per heavy atom. The highest BCUT2D eigenvalue weighted by atomic mass is 79.9. The van der Waals surface area contributed by atoms with E-state index >= 15 is 0 Å². The molecule has 2 N–H and O–H groups in total. The Bertz CT molecular complexity index is 1300. The first-order valence-corrected chi connectivity index (χ1v) is 18.7. The van der Waals surface area contributed by atoms with Crippen molar-refractivity contribution >= 4 is 90.5 Å². The Kier molecular flexibility index (Phi) is 12.4. The van der Waals surface area contributed by atoms with E-state index < -0.39 is 12.0 Å². The molecule has 0 aliphatic carbocycles. The number of pyridine rings is 1. The molecule has 2 aliphatic heterocycles. The van der Waals surface area contributed by atoms with Gasteiger partial charge in [0.05, 0.1) is 8.68 Å². The van der Waals surface area contributed by atoms with Crippen LogP contribution in [0.3, 0.4) is 0 Å². The van der Waals surface area contributed by atoms with Crippen molar-refractivity contribution < 1.29 is 9.90 Å². The third kappa shape index (κ3) is 9.12. The van der Waals surface area contributed by atoms with Gasteiger partial charge in [0.15, 0.2) is 0 Å². The lowest BCUT2D eigenvalue weighted by molar-refractivity contribution is -0.139. The summed E-state index contributed by atoms with van der Waals surface area (Å²) in [5.41, 5.74) is 0.720. The van der Waals surface area contributed by atoms with Gasteiger partial charge < -0.3 is 10.0 Å². The minimum Gasteiger partial charge on any atom is -0.480 e. The lowest BCUT2D eigenvalue weighted by Crippen LogP contribution is -2.34. The number of aliphatic carboxylic acids is 1. The maximum absolute atomic E-state index is 11.8. The average Bonchev–Trinajstić information content (AvgIpc) is 3.31. The van der Waals surface area contributed by atoms with Gasteiger partial charge in [-0.15, -0.1) is 11.3 Å². The number of anilines is 1. The second-order valence-electron chi connectivity index (χ2n) is 10.9. The lowest BCUT2D eigenvalue weighted by Gasteiger charge is -2.34. The van der Waals surface area contributed by atoms with Gasteiger partial charge in [0.1, 0.15) is 16.2 Å². The zero-order valence-corrected chi connectivity index (χ0v) is 29.6. The number of aromatic nitrogens is 1. The molecule has 1 atom stereocenters. The van der Waals surface area contributed by atoms with E-state index in [1.54, 1.807) is 11.3 Å². The predicted molar refractivity (Wildman–Crippen MR) is 184 cm³/mol. The van der Waals surface area contributed by atoms with Crippen LogP contribution in [0.1, 0.15) is 56.6 Å². The fourth-order valence-electron chi connectivity index (χ4n) is 5.65. The number of hydrogen-bond acceptors (Lipinski definition) is 8. The number of piperidine rings is 2. The molecule has 12 heteroatoms. The van der Waals surface area contributed by atoms with Gasteiger partial charge in [-0.25, -0.2) is 14.0 Å². The fraction of sp³-hybridized carbons (Fsp3) is 0.467. The number of hydrogen-bond donors (Lipinski definition) is 2. The summed E-state index contributed by atoms with van der Waals surface area (Å²) in [6.07, 6.45) is 10.8. The molecule has 4 heterocycles. The van der Waals surface area contributed by atoms with Gasteiger partial charge in [0.25, 0.3) is 0 Å². The molecule has 2 aliphatic rings. The number of halogens is 3. The standard InChI is InChI=1S/C30H35Br2ClN4O2S3/c31-24-18-26(40-28(24)33)42-37-15-11-21(12-16-37)6-4-5-20-9-13-36(14-10-20)29-25(32)17-23(19-34-29)41-35-27(30(38)39)22-7-2-1-3-8-22/h1-3,7-8,17-21,27,35H,4-6,9-16H2,(H,38,39). The number of carbonyl (C=O) groups is 1. The SMILES string of the molecule is O=C(O)C(NSc1cnc(N2CCC(CCCC3CCN(Sc4cc(Br)c(Cl)s4)CC3)CC2)c(Br)c1)c1ccccc1. The smallest absolute Gasteiger partial charge is 0.326 e. The highest BCUT2D eigenvalue weighted by Crippen LogP contribution is 2.40. The van der Waals surface area contributed by atoms with E-state index in [4.69, 9.17) is 16.6 Å². The Morgan fingerprint density at radius 2 is 1.71 bits per heavy atom. The summed E-state index contributed by atoms with van der Waals surface area (Å²) in [5, 5.41) is 9.66. The van der Waals surface area contributed by atoms with Crippen LogP contribution >= 0.6 is 78.7 Å². The van der Waals surface area contributed by atoms with Crippen LogP contribution in [0.4, 0.5) is 5.82 Å². The zero-order chi connectivity index (χ0) is 29.5. The minimum absolute atomic E-state index is 0.720. The fourth-order valence-corrected chi connectivity index (χ4v) is 10.4. The first-order chi connectivity index (χ1) is 20.4. The van der Waals surface area contributed by atoms with Gasteiger partial charge in [0, 0.05) is 41.7 Å². The van der Waals surface area contributed by atoms with Crippen molar-refractivity contribution in [3.05, 3.63) is 67.5 Å². The van der Waals surface area contributed by atoms with E-state index in [9.17, 15) is 9.90 Å². The van der Waals surface area contributed by atoms with Crippen molar-refractivity contribution in [1.82, 2.24) is 14.0 Å². The molecule has 1 unspecified atom stereocenters. The van der Waals surface area contributed by atoms with Crippen LogP contribution in [-0.2, 0) is 4.79 Å². The van der Waals surface area contributed by atoms with Crippen LogP contribution in [0.2, 0.25) is 4.34 Å². The Labute approximate surface area is 282 Å². The van der Waals surface area contributed by atoms with Gasteiger partial charge in [-0.2, -0.15) is 0 Å². The monoisotopic (exact) mass is 772 g/mol. The molecule has 0 spiro atoms. The predicted octanol–water partition coefficient (Wildman–Crippen LogP) is 9.55. The first kappa shape index (κ1) is 32.6. The van der Waals surface area contributed by atoms with Crippen LogP contribution in [0.5, 0.6) is 0 Å². The first-order valence-electron chi connectivity index (χ1n) is 14.3.